The number of ether oxygens (including phenoxy) is 1. The Morgan fingerprint density at radius 2 is 1.79 bits per heavy atom. The molecule has 4 amide bonds. The molecule has 4 rings (SSSR count). The summed E-state index contributed by atoms with van der Waals surface area (Å²) in [5.74, 6) is -1.66. The van der Waals surface area contributed by atoms with Gasteiger partial charge in [-0.25, -0.2) is 14.1 Å². The van der Waals surface area contributed by atoms with Gasteiger partial charge in [0.25, 0.3) is 11.8 Å². The number of benzene rings is 3. The van der Waals surface area contributed by atoms with Crippen molar-refractivity contribution in [3.63, 3.8) is 0 Å². The molecule has 3 aromatic carbocycles. The van der Waals surface area contributed by atoms with Crippen molar-refractivity contribution in [1.29, 1.82) is 0 Å². The molecule has 1 heterocycles. The Morgan fingerprint density at radius 1 is 1.00 bits per heavy atom. The number of amides is 4. The van der Waals surface area contributed by atoms with Gasteiger partial charge in [0, 0.05) is 10.6 Å². The average Bonchev–Trinajstić information content (AvgIpc) is 2.78. The van der Waals surface area contributed by atoms with Crippen LogP contribution < -0.4 is 15.0 Å². The average molecular weight is 479 g/mol. The fraction of sp³-hybridized carbons (Fsp3) is 0.115. The second kappa shape index (κ2) is 9.49. The van der Waals surface area contributed by atoms with Crippen molar-refractivity contribution < 1.29 is 23.5 Å². The van der Waals surface area contributed by atoms with Crippen molar-refractivity contribution >= 4 is 41.2 Å². The van der Waals surface area contributed by atoms with E-state index < -0.39 is 17.8 Å². The lowest BCUT2D eigenvalue weighted by atomic mass is 10.0. The molecule has 0 radical (unpaired) electrons. The van der Waals surface area contributed by atoms with Crippen LogP contribution >= 0.6 is 11.6 Å². The third-order valence-corrected chi connectivity index (χ3v) is 5.64. The highest BCUT2D eigenvalue weighted by Crippen LogP contribution is 2.29. The Bertz CT molecular complexity index is 1350. The summed E-state index contributed by atoms with van der Waals surface area (Å²) in [6, 6.07) is 15.0. The smallest absolute Gasteiger partial charge is 0.335 e. The van der Waals surface area contributed by atoms with Crippen LogP contribution in [-0.2, 0) is 16.2 Å². The number of barbiturate groups is 1. The lowest BCUT2D eigenvalue weighted by Gasteiger charge is -2.27. The predicted molar refractivity (Wildman–Crippen MR) is 127 cm³/mol. The molecule has 0 aromatic heterocycles. The standard InChI is InChI=1S/C26H20ClFN2O4/c1-15-6-8-21(10-16(15)2)30-25(32)22(24(31)29-26(30)33)13-18-12-19(27)7-9-23(18)34-14-17-4-3-5-20(28)11-17/h3-13H,14H2,1-2H3,(H,29,31,33)/b22-13+. The van der Waals surface area contributed by atoms with Crippen molar-refractivity contribution in [1.82, 2.24) is 5.32 Å². The molecule has 3 aromatic rings. The summed E-state index contributed by atoms with van der Waals surface area (Å²) < 4.78 is 19.3. The number of carbonyl (C=O) groups excluding carboxylic acids is 3. The third kappa shape index (κ3) is 4.84. The van der Waals surface area contributed by atoms with Gasteiger partial charge >= 0.3 is 6.03 Å². The van der Waals surface area contributed by atoms with Crippen LogP contribution in [0.4, 0.5) is 14.9 Å². The molecular weight excluding hydrogens is 459 g/mol. The molecule has 1 aliphatic heterocycles. The van der Waals surface area contributed by atoms with E-state index in [-0.39, 0.29) is 18.0 Å². The van der Waals surface area contributed by atoms with Gasteiger partial charge in [0.2, 0.25) is 0 Å². The van der Waals surface area contributed by atoms with Crippen LogP contribution in [-0.4, -0.2) is 17.8 Å². The maximum Gasteiger partial charge on any atom is 0.335 e. The highest BCUT2D eigenvalue weighted by Gasteiger charge is 2.37. The predicted octanol–water partition coefficient (Wildman–Crippen LogP) is 5.34. The van der Waals surface area contributed by atoms with Crippen LogP contribution in [0.2, 0.25) is 5.02 Å². The van der Waals surface area contributed by atoms with Crippen LogP contribution in [0.3, 0.4) is 0 Å². The maximum absolute atomic E-state index is 13.5. The molecule has 172 valence electrons. The first-order valence-corrected chi connectivity index (χ1v) is 10.8. The van der Waals surface area contributed by atoms with E-state index in [1.165, 1.54) is 24.3 Å². The zero-order valence-electron chi connectivity index (χ0n) is 18.4. The molecule has 1 N–H and O–H groups in total. The molecule has 1 aliphatic rings. The molecule has 6 nitrogen and oxygen atoms in total. The van der Waals surface area contributed by atoms with Crippen molar-refractivity contribution in [3.8, 4) is 5.75 Å². The van der Waals surface area contributed by atoms with E-state index >= 15 is 0 Å². The van der Waals surface area contributed by atoms with Gasteiger partial charge in [-0.1, -0.05) is 29.8 Å². The SMILES string of the molecule is Cc1ccc(N2C(=O)NC(=O)/C(=C\c3cc(Cl)ccc3OCc3cccc(F)c3)C2=O)cc1C. The van der Waals surface area contributed by atoms with Gasteiger partial charge in [-0.05, 0) is 79.1 Å². The van der Waals surface area contributed by atoms with Crippen molar-refractivity contribution in [2.45, 2.75) is 20.5 Å². The van der Waals surface area contributed by atoms with Crippen LogP contribution in [0.5, 0.6) is 5.75 Å². The molecule has 1 saturated heterocycles. The van der Waals surface area contributed by atoms with E-state index in [1.807, 2.05) is 13.8 Å². The topological polar surface area (TPSA) is 75.7 Å². The lowest BCUT2D eigenvalue weighted by Crippen LogP contribution is -2.54. The highest BCUT2D eigenvalue weighted by atomic mass is 35.5. The van der Waals surface area contributed by atoms with Crippen molar-refractivity contribution in [3.05, 3.63) is 99.3 Å². The fourth-order valence-electron chi connectivity index (χ4n) is 3.46. The molecule has 0 aliphatic carbocycles. The van der Waals surface area contributed by atoms with Gasteiger partial charge in [0.15, 0.2) is 0 Å². The number of rotatable bonds is 5. The summed E-state index contributed by atoms with van der Waals surface area (Å²) in [6.07, 6.45) is 1.32. The van der Waals surface area contributed by atoms with Gasteiger partial charge in [0.1, 0.15) is 23.7 Å². The molecule has 1 fully saturated rings. The van der Waals surface area contributed by atoms with E-state index in [4.69, 9.17) is 16.3 Å². The van der Waals surface area contributed by atoms with Gasteiger partial charge in [-0.3, -0.25) is 14.9 Å². The zero-order chi connectivity index (χ0) is 24.4. The molecule has 0 unspecified atom stereocenters. The monoisotopic (exact) mass is 478 g/mol. The van der Waals surface area contributed by atoms with E-state index in [1.54, 1.807) is 42.5 Å². The fourth-order valence-corrected chi connectivity index (χ4v) is 3.64. The second-order valence-corrected chi connectivity index (χ2v) is 8.26. The van der Waals surface area contributed by atoms with Crippen molar-refractivity contribution in [2.24, 2.45) is 0 Å². The minimum Gasteiger partial charge on any atom is -0.488 e. The van der Waals surface area contributed by atoms with E-state index in [0.29, 0.717) is 27.6 Å². The Kier molecular flexibility index (Phi) is 6.47. The Hall–Kier alpha value is -3.97. The third-order valence-electron chi connectivity index (χ3n) is 5.41. The number of hydrogen-bond acceptors (Lipinski definition) is 4. The molecule has 0 atom stereocenters. The molecule has 0 bridgehead atoms. The largest absolute Gasteiger partial charge is 0.488 e. The summed E-state index contributed by atoms with van der Waals surface area (Å²) in [6.45, 7) is 3.83. The number of hydrogen-bond donors (Lipinski definition) is 1. The number of imide groups is 2. The first-order valence-electron chi connectivity index (χ1n) is 10.4. The van der Waals surface area contributed by atoms with Gasteiger partial charge in [-0.2, -0.15) is 0 Å². The van der Waals surface area contributed by atoms with Gasteiger partial charge in [0.05, 0.1) is 5.69 Å². The molecule has 8 heteroatoms. The maximum atomic E-state index is 13.5. The lowest BCUT2D eigenvalue weighted by molar-refractivity contribution is -0.122. The first-order chi connectivity index (χ1) is 16.2. The number of carbonyl (C=O) groups is 3. The van der Waals surface area contributed by atoms with E-state index in [9.17, 15) is 18.8 Å². The Balaban J connectivity index is 1.68. The van der Waals surface area contributed by atoms with Crippen LogP contribution in [0.25, 0.3) is 6.08 Å². The minimum atomic E-state index is -0.830. The molecular formula is C26H20ClFN2O4. The van der Waals surface area contributed by atoms with Crippen molar-refractivity contribution in [2.75, 3.05) is 4.90 Å². The summed E-state index contributed by atoms with van der Waals surface area (Å²) in [5, 5.41) is 2.56. The number of nitrogens with one attached hydrogen (secondary N) is 1. The normalized spacial score (nSPS) is 15.0. The summed E-state index contributed by atoms with van der Waals surface area (Å²) in [5.41, 5.74) is 2.94. The second-order valence-electron chi connectivity index (χ2n) is 7.83. The summed E-state index contributed by atoms with van der Waals surface area (Å²) >= 11 is 6.14. The van der Waals surface area contributed by atoms with Crippen LogP contribution in [0, 0.1) is 19.7 Å². The molecule has 34 heavy (non-hydrogen) atoms. The number of halogens is 2. The van der Waals surface area contributed by atoms with E-state index in [0.717, 1.165) is 16.0 Å². The zero-order valence-corrected chi connectivity index (χ0v) is 19.2. The van der Waals surface area contributed by atoms with Gasteiger partial charge in [-0.15, -0.1) is 0 Å². The number of nitrogens with zero attached hydrogens (tertiary/aromatic N) is 1. The first kappa shape index (κ1) is 23.2. The minimum absolute atomic E-state index is 0.0585. The highest BCUT2D eigenvalue weighted by molar-refractivity contribution is 6.39. The van der Waals surface area contributed by atoms with Gasteiger partial charge < -0.3 is 4.74 Å². The van der Waals surface area contributed by atoms with Crippen LogP contribution in [0.1, 0.15) is 22.3 Å². The molecule has 0 saturated carbocycles. The Labute approximate surface area is 200 Å². The molecule has 0 spiro atoms. The summed E-state index contributed by atoms with van der Waals surface area (Å²) in [7, 11) is 0. The quantitative estimate of drug-likeness (QED) is 0.396. The number of anilines is 1. The summed E-state index contributed by atoms with van der Waals surface area (Å²) in [4.78, 5) is 39.2. The van der Waals surface area contributed by atoms with Crippen LogP contribution in [0.15, 0.2) is 66.2 Å². The number of aryl methyl sites for hydroxylation is 2. The Morgan fingerprint density at radius 3 is 2.53 bits per heavy atom. The number of urea groups is 1. The van der Waals surface area contributed by atoms with E-state index in [2.05, 4.69) is 5.32 Å².